The van der Waals surface area contributed by atoms with Crippen LogP contribution in [0.2, 0.25) is 5.02 Å². The maximum absolute atomic E-state index is 6.55. The van der Waals surface area contributed by atoms with Crippen molar-refractivity contribution in [3.05, 3.63) is 58.9 Å². The molecular weight excluding hydrogens is 487 g/mol. The van der Waals surface area contributed by atoms with Gasteiger partial charge in [-0.2, -0.15) is 0 Å². The largest absolute Gasteiger partial charge is 0.381 e. The van der Waals surface area contributed by atoms with Crippen LogP contribution in [0.25, 0.3) is 0 Å². The van der Waals surface area contributed by atoms with Crippen LogP contribution in [0.5, 0.6) is 0 Å². The average Bonchev–Trinajstić information content (AvgIpc) is 3.10. The number of rotatable bonds is 6. The zero-order chi connectivity index (χ0) is 19.1. The van der Waals surface area contributed by atoms with Crippen molar-refractivity contribution >= 4 is 41.5 Å². The molecule has 1 aliphatic heterocycles. The number of hydrogen-bond acceptors (Lipinski definition) is 2. The van der Waals surface area contributed by atoms with Crippen LogP contribution in [0, 0.1) is 0 Å². The molecule has 3 rings (SSSR count). The molecule has 1 aromatic heterocycles. The van der Waals surface area contributed by atoms with E-state index >= 15 is 0 Å². The molecule has 0 spiro atoms. The first kappa shape index (κ1) is 23.0. The number of aromatic nitrogens is 1. The molecule has 2 heterocycles. The van der Waals surface area contributed by atoms with E-state index in [0.29, 0.717) is 6.54 Å². The molecule has 0 saturated carbocycles. The van der Waals surface area contributed by atoms with E-state index in [0.717, 1.165) is 50.1 Å². The normalized spacial score (nSPS) is 16.3. The molecule has 7 heteroatoms. The van der Waals surface area contributed by atoms with Gasteiger partial charge >= 0.3 is 0 Å². The SMILES string of the molecule is CCNC(=NCc1ccn(C)c1)NCC1(c2ccccc2Cl)CCOCC1.I. The Balaban J connectivity index is 0.00000280. The molecule has 154 valence electrons. The van der Waals surface area contributed by atoms with Crippen LogP contribution >= 0.6 is 35.6 Å². The number of halogens is 2. The molecule has 5 nitrogen and oxygen atoms in total. The highest BCUT2D eigenvalue weighted by Gasteiger charge is 2.36. The van der Waals surface area contributed by atoms with Gasteiger partial charge in [-0.25, -0.2) is 4.99 Å². The first-order chi connectivity index (χ1) is 13.1. The molecular formula is C21H30ClIN4O. The lowest BCUT2D eigenvalue weighted by Gasteiger charge is -2.38. The molecule has 0 radical (unpaired) electrons. The standard InChI is InChI=1S/C21H29ClN4O.HI/c1-3-23-20(24-14-17-8-11-26(2)15-17)25-16-21(9-12-27-13-10-21)18-6-4-5-7-19(18)22;/h4-8,11,15H,3,9-10,12-14,16H2,1-2H3,(H2,23,24,25);1H. The summed E-state index contributed by atoms with van der Waals surface area (Å²) in [6.07, 6.45) is 6.03. The Morgan fingerprint density at radius 1 is 1.21 bits per heavy atom. The number of nitrogens with one attached hydrogen (secondary N) is 2. The maximum atomic E-state index is 6.55. The average molecular weight is 517 g/mol. The van der Waals surface area contributed by atoms with Crippen molar-refractivity contribution in [2.75, 3.05) is 26.3 Å². The van der Waals surface area contributed by atoms with Gasteiger partial charge in [-0.3, -0.25) is 0 Å². The van der Waals surface area contributed by atoms with Crippen molar-refractivity contribution in [2.45, 2.75) is 31.7 Å². The highest BCUT2D eigenvalue weighted by molar-refractivity contribution is 14.0. The lowest BCUT2D eigenvalue weighted by Crippen LogP contribution is -2.48. The van der Waals surface area contributed by atoms with E-state index in [1.807, 2.05) is 29.9 Å². The molecule has 1 fully saturated rings. The van der Waals surface area contributed by atoms with Gasteiger partial charge in [0, 0.05) is 56.2 Å². The van der Waals surface area contributed by atoms with Gasteiger partial charge in [-0.15, -0.1) is 24.0 Å². The van der Waals surface area contributed by atoms with E-state index in [1.54, 1.807) is 0 Å². The molecule has 1 saturated heterocycles. The summed E-state index contributed by atoms with van der Waals surface area (Å²) < 4.78 is 7.67. The van der Waals surface area contributed by atoms with Gasteiger partial charge in [0.05, 0.1) is 6.54 Å². The van der Waals surface area contributed by atoms with E-state index in [1.165, 1.54) is 11.1 Å². The summed E-state index contributed by atoms with van der Waals surface area (Å²) in [7, 11) is 2.02. The minimum Gasteiger partial charge on any atom is -0.381 e. The summed E-state index contributed by atoms with van der Waals surface area (Å²) in [6.45, 7) is 5.84. The smallest absolute Gasteiger partial charge is 0.191 e. The fourth-order valence-corrected chi connectivity index (χ4v) is 3.95. The predicted molar refractivity (Wildman–Crippen MR) is 127 cm³/mol. The number of ether oxygens (including phenoxy) is 1. The van der Waals surface area contributed by atoms with Gasteiger partial charge < -0.3 is 19.9 Å². The van der Waals surface area contributed by atoms with Gasteiger partial charge in [-0.1, -0.05) is 29.8 Å². The summed E-state index contributed by atoms with van der Waals surface area (Å²) in [5.74, 6) is 0.833. The van der Waals surface area contributed by atoms with Gasteiger partial charge in [0.2, 0.25) is 0 Å². The van der Waals surface area contributed by atoms with Crippen LogP contribution in [-0.4, -0.2) is 36.8 Å². The van der Waals surface area contributed by atoms with Crippen LogP contribution < -0.4 is 10.6 Å². The minimum atomic E-state index is -0.0421. The topological polar surface area (TPSA) is 50.6 Å². The molecule has 28 heavy (non-hydrogen) atoms. The number of aliphatic imine (C=N–C) groups is 1. The Morgan fingerprint density at radius 2 is 1.96 bits per heavy atom. The quantitative estimate of drug-likeness (QED) is 0.345. The van der Waals surface area contributed by atoms with Gasteiger partial charge in [0.15, 0.2) is 5.96 Å². The molecule has 0 aliphatic carbocycles. The third-order valence-electron chi connectivity index (χ3n) is 5.15. The highest BCUT2D eigenvalue weighted by Crippen LogP contribution is 2.38. The van der Waals surface area contributed by atoms with Crippen LogP contribution in [0.1, 0.15) is 30.9 Å². The monoisotopic (exact) mass is 516 g/mol. The van der Waals surface area contributed by atoms with E-state index < -0.39 is 0 Å². The number of guanidine groups is 1. The summed E-state index contributed by atoms with van der Waals surface area (Å²) in [6, 6.07) is 10.3. The van der Waals surface area contributed by atoms with E-state index in [-0.39, 0.29) is 29.4 Å². The maximum Gasteiger partial charge on any atom is 0.191 e. The van der Waals surface area contributed by atoms with Crippen molar-refractivity contribution in [3.63, 3.8) is 0 Å². The predicted octanol–water partition coefficient (Wildman–Crippen LogP) is 4.10. The molecule has 0 bridgehead atoms. The Labute approximate surface area is 189 Å². The zero-order valence-corrected chi connectivity index (χ0v) is 19.7. The van der Waals surface area contributed by atoms with E-state index in [9.17, 15) is 0 Å². The third-order valence-corrected chi connectivity index (χ3v) is 5.48. The van der Waals surface area contributed by atoms with Crippen molar-refractivity contribution in [1.29, 1.82) is 0 Å². The summed E-state index contributed by atoms with van der Waals surface area (Å²) in [4.78, 5) is 4.75. The summed E-state index contributed by atoms with van der Waals surface area (Å²) in [5.41, 5.74) is 2.35. The van der Waals surface area contributed by atoms with Crippen LogP contribution in [0.4, 0.5) is 0 Å². The second-order valence-electron chi connectivity index (χ2n) is 7.11. The second kappa shape index (κ2) is 11.1. The second-order valence-corrected chi connectivity index (χ2v) is 7.51. The van der Waals surface area contributed by atoms with Crippen LogP contribution in [-0.2, 0) is 23.7 Å². The van der Waals surface area contributed by atoms with Gasteiger partial charge in [0.1, 0.15) is 0 Å². The van der Waals surface area contributed by atoms with Gasteiger partial charge in [-0.05, 0) is 43.0 Å². The number of benzene rings is 1. The Kier molecular flexibility index (Phi) is 9.11. The van der Waals surface area contributed by atoms with Crippen molar-refractivity contribution in [2.24, 2.45) is 12.0 Å². The van der Waals surface area contributed by atoms with Crippen molar-refractivity contribution < 1.29 is 4.74 Å². The fraction of sp³-hybridized carbons (Fsp3) is 0.476. The Bertz CT molecular complexity index is 771. The molecule has 2 aromatic rings. The van der Waals surface area contributed by atoms with Crippen molar-refractivity contribution in [1.82, 2.24) is 15.2 Å². The number of nitrogens with zero attached hydrogens (tertiary/aromatic N) is 2. The first-order valence-corrected chi connectivity index (χ1v) is 9.96. The van der Waals surface area contributed by atoms with Crippen LogP contribution in [0.15, 0.2) is 47.7 Å². The number of hydrogen-bond donors (Lipinski definition) is 2. The molecule has 2 N–H and O–H groups in total. The lowest BCUT2D eigenvalue weighted by molar-refractivity contribution is 0.0514. The lowest BCUT2D eigenvalue weighted by atomic mass is 9.74. The van der Waals surface area contributed by atoms with E-state index in [2.05, 4.69) is 42.0 Å². The first-order valence-electron chi connectivity index (χ1n) is 9.59. The summed E-state index contributed by atoms with van der Waals surface area (Å²) >= 11 is 6.55. The molecule has 1 aromatic carbocycles. The highest BCUT2D eigenvalue weighted by atomic mass is 127. The van der Waals surface area contributed by atoms with E-state index in [4.69, 9.17) is 21.3 Å². The Hall–Kier alpha value is -1.25. The Morgan fingerprint density at radius 3 is 2.61 bits per heavy atom. The minimum absolute atomic E-state index is 0. The molecule has 0 atom stereocenters. The molecule has 0 unspecified atom stereocenters. The molecule has 0 amide bonds. The fourth-order valence-electron chi connectivity index (χ4n) is 3.61. The molecule has 1 aliphatic rings. The zero-order valence-electron chi connectivity index (χ0n) is 16.6. The third kappa shape index (κ3) is 5.87. The summed E-state index contributed by atoms with van der Waals surface area (Å²) in [5, 5.41) is 7.73. The van der Waals surface area contributed by atoms with Crippen LogP contribution in [0.3, 0.4) is 0 Å². The van der Waals surface area contributed by atoms with Gasteiger partial charge in [0.25, 0.3) is 0 Å². The number of aryl methyl sites for hydroxylation is 1. The van der Waals surface area contributed by atoms with Crippen molar-refractivity contribution in [3.8, 4) is 0 Å².